The molecule has 1 aromatic heterocycles. The summed E-state index contributed by atoms with van der Waals surface area (Å²) in [6.07, 6.45) is 6.94. The highest BCUT2D eigenvalue weighted by atomic mass is 32.1. The molecule has 240 valence electrons. The van der Waals surface area contributed by atoms with Gasteiger partial charge < -0.3 is 0 Å². The van der Waals surface area contributed by atoms with Crippen molar-refractivity contribution in [2.75, 3.05) is 0 Å². The van der Waals surface area contributed by atoms with Crippen LogP contribution in [0.25, 0.3) is 80.8 Å². The Bertz CT molecular complexity index is 2610. The van der Waals surface area contributed by atoms with Gasteiger partial charge in [0, 0.05) is 20.2 Å². The van der Waals surface area contributed by atoms with Gasteiger partial charge in [-0.25, -0.2) is 0 Å². The second kappa shape index (κ2) is 10.9. The van der Waals surface area contributed by atoms with Gasteiger partial charge in [0.05, 0.1) is 0 Å². The van der Waals surface area contributed by atoms with E-state index in [9.17, 15) is 0 Å². The highest BCUT2D eigenvalue weighted by Crippen LogP contribution is 2.48. The van der Waals surface area contributed by atoms with E-state index in [1.807, 2.05) is 11.3 Å². The Morgan fingerprint density at radius 3 is 1.61 bits per heavy atom. The molecule has 0 saturated heterocycles. The van der Waals surface area contributed by atoms with Crippen molar-refractivity contribution in [3.8, 4) is 22.3 Å². The molecule has 0 N–H and O–H groups in total. The lowest BCUT2D eigenvalue weighted by molar-refractivity contribution is 0.593. The average Bonchev–Trinajstić information content (AvgIpc) is 3.45. The van der Waals surface area contributed by atoms with Gasteiger partial charge in [-0.15, -0.1) is 11.3 Å². The van der Waals surface area contributed by atoms with Gasteiger partial charge in [0.15, 0.2) is 0 Å². The first kappa shape index (κ1) is 30.3. The molecule has 0 amide bonds. The molecule has 0 nitrogen and oxygen atoms in total. The second-order valence-corrected chi connectivity index (χ2v) is 17.1. The third-order valence-corrected chi connectivity index (χ3v) is 11.8. The fourth-order valence-electron chi connectivity index (χ4n) is 8.86. The SMILES string of the molecule is CC(C)(C)c1c2c(c(-c3ccc4sc5cc(-c6c7ccccc7c(C(C)(C)C)c7ccccc67)ccc5c4c3)c3ccccc13)CCC=C2. The summed E-state index contributed by atoms with van der Waals surface area (Å²) in [4.78, 5) is 0. The van der Waals surface area contributed by atoms with Crippen molar-refractivity contribution >= 4 is 69.9 Å². The van der Waals surface area contributed by atoms with Crippen LogP contribution >= 0.6 is 11.3 Å². The Balaban J connectivity index is 1.27. The van der Waals surface area contributed by atoms with Crippen molar-refractivity contribution in [3.05, 3.63) is 138 Å². The van der Waals surface area contributed by atoms with Crippen molar-refractivity contribution in [2.24, 2.45) is 0 Å². The number of fused-ring (bicyclic) bond motifs is 7. The lowest BCUT2D eigenvalue weighted by atomic mass is 9.74. The molecule has 7 aromatic carbocycles. The molecule has 0 bridgehead atoms. The van der Waals surface area contributed by atoms with Crippen LogP contribution < -0.4 is 0 Å². The Kier molecular flexibility index (Phi) is 6.75. The summed E-state index contributed by atoms with van der Waals surface area (Å²) in [5, 5.41) is 10.8. The number of allylic oxidation sites excluding steroid dienone is 1. The zero-order valence-electron chi connectivity index (χ0n) is 29.4. The monoisotopic (exact) mass is 650 g/mol. The molecule has 0 saturated carbocycles. The zero-order valence-corrected chi connectivity index (χ0v) is 30.2. The largest absolute Gasteiger partial charge is 0.135 e. The lowest BCUT2D eigenvalue weighted by Gasteiger charge is -2.30. The number of hydrogen-bond donors (Lipinski definition) is 0. The van der Waals surface area contributed by atoms with E-state index in [1.54, 1.807) is 0 Å². The van der Waals surface area contributed by atoms with E-state index in [1.165, 1.54) is 97.0 Å². The van der Waals surface area contributed by atoms with Gasteiger partial charge in [-0.3, -0.25) is 0 Å². The highest BCUT2D eigenvalue weighted by Gasteiger charge is 2.27. The van der Waals surface area contributed by atoms with Crippen LogP contribution in [0.4, 0.5) is 0 Å². The summed E-state index contributed by atoms with van der Waals surface area (Å²) in [7, 11) is 0. The standard InChI is InChI=1S/C48H42S/c1-47(2,3)45-36-19-11-7-15-32(36)43(33-16-8-12-20-37(33)45)29-24-26-41-40(27-29)31-25-23-30(28-42(31)49-41)44-34-17-9-13-21-38(34)46(48(4,5)6)39-22-14-10-18-35(39)44/h7,9-15,17-28H,8,16H2,1-6H3. The third-order valence-electron chi connectivity index (χ3n) is 10.7. The van der Waals surface area contributed by atoms with Crippen LogP contribution in [-0.4, -0.2) is 0 Å². The molecule has 0 radical (unpaired) electrons. The molecular formula is C48H42S. The summed E-state index contributed by atoms with van der Waals surface area (Å²) in [5.74, 6) is 0. The van der Waals surface area contributed by atoms with Gasteiger partial charge in [0.2, 0.25) is 0 Å². The van der Waals surface area contributed by atoms with Crippen LogP contribution in [0.5, 0.6) is 0 Å². The molecule has 1 heterocycles. The van der Waals surface area contributed by atoms with Gasteiger partial charge in [0.25, 0.3) is 0 Å². The van der Waals surface area contributed by atoms with E-state index in [2.05, 4.69) is 163 Å². The number of hydrogen-bond acceptors (Lipinski definition) is 1. The van der Waals surface area contributed by atoms with Crippen LogP contribution in [-0.2, 0) is 17.3 Å². The Morgan fingerprint density at radius 1 is 0.469 bits per heavy atom. The average molecular weight is 651 g/mol. The molecule has 1 heteroatoms. The molecule has 0 atom stereocenters. The number of benzene rings is 7. The summed E-state index contributed by atoms with van der Waals surface area (Å²) in [6.45, 7) is 14.1. The normalized spacial score (nSPS) is 13.7. The quantitative estimate of drug-likeness (QED) is 0.163. The number of rotatable bonds is 2. The van der Waals surface area contributed by atoms with Gasteiger partial charge in [0.1, 0.15) is 0 Å². The second-order valence-electron chi connectivity index (χ2n) is 16.0. The molecule has 1 aliphatic rings. The summed E-state index contributed by atoms with van der Waals surface area (Å²) in [6, 6.07) is 41.6. The van der Waals surface area contributed by atoms with Crippen LogP contribution in [0, 0.1) is 0 Å². The van der Waals surface area contributed by atoms with E-state index < -0.39 is 0 Å². The van der Waals surface area contributed by atoms with Gasteiger partial charge in [-0.1, -0.05) is 145 Å². The molecular weight excluding hydrogens is 609 g/mol. The van der Waals surface area contributed by atoms with Crippen molar-refractivity contribution in [1.82, 2.24) is 0 Å². The predicted molar refractivity (Wildman–Crippen MR) is 217 cm³/mol. The maximum atomic E-state index is 2.48. The van der Waals surface area contributed by atoms with E-state index in [4.69, 9.17) is 0 Å². The summed E-state index contributed by atoms with van der Waals surface area (Å²) < 4.78 is 2.69. The van der Waals surface area contributed by atoms with Crippen molar-refractivity contribution in [1.29, 1.82) is 0 Å². The number of thiophene rings is 1. The van der Waals surface area contributed by atoms with Gasteiger partial charge >= 0.3 is 0 Å². The Hall–Kier alpha value is -4.72. The minimum atomic E-state index is 0.0266. The highest BCUT2D eigenvalue weighted by molar-refractivity contribution is 7.25. The fraction of sp³-hybridized carbons (Fsp3) is 0.208. The van der Waals surface area contributed by atoms with Crippen LogP contribution in [0.3, 0.4) is 0 Å². The molecule has 49 heavy (non-hydrogen) atoms. The third kappa shape index (κ3) is 4.70. The van der Waals surface area contributed by atoms with Crippen LogP contribution in [0.1, 0.15) is 70.2 Å². The maximum Gasteiger partial charge on any atom is 0.0361 e. The first-order chi connectivity index (χ1) is 23.6. The van der Waals surface area contributed by atoms with Gasteiger partial charge in [-0.05, 0) is 119 Å². The smallest absolute Gasteiger partial charge is 0.0361 e. The Morgan fingerprint density at radius 2 is 1.00 bits per heavy atom. The van der Waals surface area contributed by atoms with Crippen LogP contribution in [0.2, 0.25) is 0 Å². The minimum absolute atomic E-state index is 0.0266. The zero-order chi connectivity index (χ0) is 33.7. The lowest BCUT2D eigenvalue weighted by Crippen LogP contribution is -2.17. The van der Waals surface area contributed by atoms with E-state index in [0.29, 0.717) is 0 Å². The van der Waals surface area contributed by atoms with Crippen molar-refractivity contribution in [3.63, 3.8) is 0 Å². The Labute approximate surface area is 293 Å². The van der Waals surface area contributed by atoms with Crippen molar-refractivity contribution < 1.29 is 0 Å². The van der Waals surface area contributed by atoms with Gasteiger partial charge in [-0.2, -0.15) is 0 Å². The molecule has 0 unspecified atom stereocenters. The molecule has 0 spiro atoms. The van der Waals surface area contributed by atoms with E-state index in [-0.39, 0.29) is 10.8 Å². The molecule has 1 aliphatic carbocycles. The first-order valence-corrected chi connectivity index (χ1v) is 18.6. The maximum absolute atomic E-state index is 2.48. The minimum Gasteiger partial charge on any atom is -0.135 e. The predicted octanol–water partition coefficient (Wildman–Crippen LogP) is 14.4. The van der Waals surface area contributed by atoms with Crippen LogP contribution in [0.15, 0.2) is 115 Å². The molecule has 0 fully saturated rings. The van der Waals surface area contributed by atoms with E-state index >= 15 is 0 Å². The first-order valence-electron chi connectivity index (χ1n) is 17.8. The molecule has 0 aliphatic heterocycles. The fourth-order valence-corrected chi connectivity index (χ4v) is 9.98. The summed E-state index contributed by atoms with van der Waals surface area (Å²) in [5.41, 5.74) is 11.3. The summed E-state index contributed by atoms with van der Waals surface area (Å²) >= 11 is 1.92. The topological polar surface area (TPSA) is 0 Å². The molecule has 8 aromatic rings. The van der Waals surface area contributed by atoms with E-state index in [0.717, 1.165) is 12.8 Å². The molecule has 9 rings (SSSR count). The van der Waals surface area contributed by atoms with Crippen molar-refractivity contribution in [2.45, 2.75) is 65.2 Å².